The molecule has 1 atom stereocenters. The number of halogens is 1. The van der Waals surface area contributed by atoms with Crippen molar-refractivity contribution in [1.82, 2.24) is 4.90 Å². The maximum atomic E-state index is 13.7. The zero-order valence-corrected chi connectivity index (χ0v) is 28.2. The third-order valence-electron chi connectivity index (χ3n) is 9.63. The number of ketones is 1. The summed E-state index contributed by atoms with van der Waals surface area (Å²) >= 11 is 0. The first-order chi connectivity index (χ1) is 21.9. The highest BCUT2D eigenvalue weighted by Crippen LogP contribution is 2.41. The van der Waals surface area contributed by atoms with E-state index in [1.807, 2.05) is 18.2 Å². The molecule has 0 aliphatic carbocycles. The van der Waals surface area contributed by atoms with Gasteiger partial charge in [-0.2, -0.15) is 0 Å². The number of hydrogen-bond donors (Lipinski definition) is 0. The lowest BCUT2D eigenvalue weighted by molar-refractivity contribution is -0.148. The molecular formula is C38H56FNO5. The number of ether oxygens (including phenoxy) is 3. The lowest BCUT2D eigenvalue weighted by Crippen LogP contribution is -2.40. The summed E-state index contributed by atoms with van der Waals surface area (Å²) < 4.78 is 29.9. The maximum Gasteiger partial charge on any atom is 0.316 e. The van der Waals surface area contributed by atoms with Crippen LogP contribution in [0.15, 0.2) is 42.5 Å². The number of Topliss-reactive ketones (excluding diaryl/α,β-unsaturated/α-hetero) is 1. The summed E-state index contributed by atoms with van der Waals surface area (Å²) in [5.41, 5.74) is 0.719. The van der Waals surface area contributed by atoms with Crippen molar-refractivity contribution in [3.63, 3.8) is 0 Å². The number of esters is 1. The number of rotatable bonds is 21. The molecule has 2 aromatic carbocycles. The number of nitrogens with zero attached hydrogens (tertiary/aromatic N) is 1. The van der Waals surface area contributed by atoms with Crippen molar-refractivity contribution < 1.29 is 28.2 Å². The highest BCUT2D eigenvalue weighted by atomic mass is 19.1. The fourth-order valence-electron chi connectivity index (χ4n) is 6.85. The molecule has 0 N–H and O–H groups in total. The van der Waals surface area contributed by atoms with Gasteiger partial charge in [0.05, 0.1) is 26.7 Å². The van der Waals surface area contributed by atoms with Crippen molar-refractivity contribution in [1.29, 1.82) is 0 Å². The first-order valence-electron chi connectivity index (χ1n) is 17.2. The fourth-order valence-corrected chi connectivity index (χ4v) is 6.85. The molecule has 1 fully saturated rings. The van der Waals surface area contributed by atoms with Gasteiger partial charge in [0, 0.05) is 11.5 Å². The molecule has 0 spiro atoms. The van der Waals surface area contributed by atoms with Crippen LogP contribution in [0, 0.1) is 11.7 Å². The van der Waals surface area contributed by atoms with Gasteiger partial charge in [0.15, 0.2) is 17.3 Å². The molecule has 3 rings (SSSR count). The molecule has 0 saturated carbocycles. The quantitative estimate of drug-likeness (QED) is 0.0784. The van der Waals surface area contributed by atoms with Gasteiger partial charge in [-0.1, -0.05) is 77.2 Å². The first kappa shape index (κ1) is 36.5. The van der Waals surface area contributed by atoms with Gasteiger partial charge >= 0.3 is 5.97 Å². The summed E-state index contributed by atoms with van der Waals surface area (Å²) in [5.74, 6) is 0.782. The molecule has 2 aromatic rings. The van der Waals surface area contributed by atoms with Gasteiger partial charge in [-0.05, 0) is 93.7 Å². The highest BCUT2D eigenvalue weighted by Gasteiger charge is 2.41. The molecule has 250 valence electrons. The molecule has 0 bridgehead atoms. The van der Waals surface area contributed by atoms with Crippen molar-refractivity contribution in [3.8, 4) is 11.5 Å². The smallest absolute Gasteiger partial charge is 0.316 e. The van der Waals surface area contributed by atoms with Crippen molar-refractivity contribution in [2.45, 2.75) is 109 Å². The van der Waals surface area contributed by atoms with Crippen LogP contribution in [0.4, 0.5) is 4.39 Å². The van der Waals surface area contributed by atoms with E-state index in [1.54, 1.807) is 26.4 Å². The van der Waals surface area contributed by atoms with Crippen LogP contribution in [0.1, 0.15) is 119 Å². The number of carbonyl (C=O) groups is 2. The average molecular weight is 626 g/mol. The number of likely N-dealkylation sites (tertiary alicyclic amines) is 1. The Hall–Kier alpha value is -2.93. The molecule has 6 nitrogen and oxygen atoms in total. The van der Waals surface area contributed by atoms with Crippen LogP contribution in [0.5, 0.6) is 11.5 Å². The summed E-state index contributed by atoms with van der Waals surface area (Å²) in [6.07, 6.45) is 16.2. The molecule has 1 aliphatic heterocycles. The Balaban J connectivity index is 1.62. The zero-order chi connectivity index (χ0) is 32.5. The fraction of sp³-hybridized carbons (Fsp3) is 0.632. The van der Waals surface area contributed by atoms with E-state index in [1.165, 1.54) is 70.6 Å². The van der Waals surface area contributed by atoms with Gasteiger partial charge in [-0.3, -0.25) is 9.59 Å². The molecule has 45 heavy (non-hydrogen) atoms. The van der Waals surface area contributed by atoms with Gasteiger partial charge < -0.3 is 19.1 Å². The van der Waals surface area contributed by atoms with Crippen molar-refractivity contribution in [2.75, 3.05) is 41.0 Å². The lowest BCUT2D eigenvalue weighted by atomic mass is 9.72. The minimum absolute atomic E-state index is 0.0380. The van der Waals surface area contributed by atoms with Crippen LogP contribution in [-0.2, 0) is 14.9 Å². The summed E-state index contributed by atoms with van der Waals surface area (Å²) in [5, 5.41) is 0. The van der Waals surface area contributed by atoms with Crippen LogP contribution >= 0.6 is 0 Å². The number of unbranched alkanes of at least 4 members (excludes halogenated alkanes) is 9. The molecule has 1 saturated heterocycles. The third kappa shape index (κ3) is 10.8. The monoisotopic (exact) mass is 625 g/mol. The minimum atomic E-state index is -0.772. The Morgan fingerprint density at radius 2 is 1.36 bits per heavy atom. The highest BCUT2D eigenvalue weighted by molar-refractivity contribution is 5.97. The SMILES string of the molecule is CCCCCCCCCCCCC(CCCN1CCC(C(=O)c2ccc(F)cc2)CC1)(C(=O)OC)c1ccc(OC)c(OC)c1. The lowest BCUT2D eigenvalue weighted by Gasteiger charge is -2.35. The zero-order valence-electron chi connectivity index (χ0n) is 28.2. The number of carbonyl (C=O) groups excluding carboxylic acids is 2. The van der Waals surface area contributed by atoms with E-state index in [2.05, 4.69) is 11.8 Å². The normalized spacial score (nSPS) is 15.4. The predicted molar refractivity (Wildman–Crippen MR) is 179 cm³/mol. The van der Waals surface area contributed by atoms with Crippen LogP contribution in [-0.4, -0.2) is 57.6 Å². The van der Waals surface area contributed by atoms with Crippen LogP contribution < -0.4 is 9.47 Å². The largest absolute Gasteiger partial charge is 0.493 e. The summed E-state index contributed by atoms with van der Waals surface area (Å²) in [4.78, 5) is 29.0. The summed E-state index contributed by atoms with van der Waals surface area (Å²) in [6.45, 7) is 4.76. The van der Waals surface area contributed by atoms with Gasteiger partial charge in [0.2, 0.25) is 0 Å². The van der Waals surface area contributed by atoms with Crippen molar-refractivity contribution >= 4 is 11.8 Å². The standard InChI is InChI=1S/C38H56FNO5/c1-5-6-7-8-9-10-11-12-13-14-24-38(37(42)45-4,32-18-21-34(43-2)35(29-32)44-3)25-15-26-40-27-22-31(23-28-40)36(41)30-16-19-33(39)20-17-30/h16-21,29,31H,5-15,22-28H2,1-4H3. The second-order valence-electron chi connectivity index (χ2n) is 12.7. The summed E-state index contributed by atoms with van der Waals surface area (Å²) in [7, 11) is 4.72. The number of hydrogen-bond acceptors (Lipinski definition) is 6. The topological polar surface area (TPSA) is 65.1 Å². The third-order valence-corrected chi connectivity index (χ3v) is 9.63. The van der Waals surface area contributed by atoms with E-state index in [4.69, 9.17) is 14.2 Å². The Bertz CT molecular complexity index is 1160. The molecule has 0 radical (unpaired) electrons. The molecular weight excluding hydrogens is 569 g/mol. The number of methoxy groups -OCH3 is 3. The maximum absolute atomic E-state index is 13.7. The van der Waals surface area contributed by atoms with E-state index < -0.39 is 5.41 Å². The molecule has 0 aromatic heterocycles. The van der Waals surface area contributed by atoms with Crippen LogP contribution in [0.25, 0.3) is 0 Å². The minimum Gasteiger partial charge on any atom is -0.493 e. The molecule has 0 amide bonds. The van der Waals surface area contributed by atoms with Gasteiger partial charge in [-0.15, -0.1) is 0 Å². The van der Waals surface area contributed by atoms with E-state index in [0.717, 1.165) is 63.7 Å². The Morgan fingerprint density at radius 1 is 0.778 bits per heavy atom. The summed E-state index contributed by atoms with van der Waals surface area (Å²) in [6, 6.07) is 11.7. The molecule has 1 aliphatic rings. The molecule has 1 heterocycles. The van der Waals surface area contributed by atoms with E-state index >= 15 is 0 Å². The van der Waals surface area contributed by atoms with Gasteiger partial charge in [0.1, 0.15) is 5.82 Å². The molecule has 1 unspecified atom stereocenters. The van der Waals surface area contributed by atoms with E-state index in [0.29, 0.717) is 23.5 Å². The Labute approximate surface area is 271 Å². The predicted octanol–water partition coefficient (Wildman–Crippen LogP) is 8.94. The van der Waals surface area contributed by atoms with E-state index in [-0.39, 0.29) is 23.5 Å². The Kier molecular flexibility index (Phi) is 15.9. The second-order valence-corrected chi connectivity index (χ2v) is 12.7. The molecule has 7 heteroatoms. The van der Waals surface area contributed by atoms with E-state index in [9.17, 15) is 14.0 Å². The van der Waals surface area contributed by atoms with Gasteiger partial charge in [-0.25, -0.2) is 4.39 Å². The number of piperidine rings is 1. The van der Waals surface area contributed by atoms with Crippen molar-refractivity contribution in [3.05, 3.63) is 59.4 Å². The van der Waals surface area contributed by atoms with Crippen LogP contribution in [0.2, 0.25) is 0 Å². The number of benzene rings is 2. The van der Waals surface area contributed by atoms with Crippen molar-refractivity contribution in [2.24, 2.45) is 5.92 Å². The van der Waals surface area contributed by atoms with Crippen LogP contribution in [0.3, 0.4) is 0 Å². The second kappa shape index (κ2) is 19.6. The first-order valence-corrected chi connectivity index (χ1v) is 17.2. The Morgan fingerprint density at radius 3 is 1.93 bits per heavy atom. The average Bonchev–Trinajstić information content (AvgIpc) is 3.08. The van der Waals surface area contributed by atoms with Gasteiger partial charge in [0.25, 0.3) is 0 Å².